The Morgan fingerprint density at radius 1 is 0.487 bits per heavy atom. The summed E-state index contributed by atoms with van der Waals surface area (Å²) in [7, 11) is 0. The summed E-state index contributed by atoms with van der Waals surface area (Å²) in [6.07, 6.45) is 11.7. The van der Waals surface area contributed by atoms with E-state index in [1.807, 2.05) is 0 Å². The zero-order valence-corrected chi connectivity index (χ0v) is 25.6. The van der Waals surface area contributed by atoms with Gasteiger partial charge >= 0.3 is 214 Å². The number of hydrogen-bond acceptors (Lipinski definition) is 2. The van der Waals surface area contributed by atoms with E-state index in [9.17, 15) is 0 Å². The maximum absolute atomic E-state index is 5.73. The summed E-state index contributed by atoms with van der Waals surface area (Å²) in [5.74, 6) is 0. The van der Waals surface area contributed by atoms with Crippen molar-refractivity contribution >= 4 is 55.3 Å². The summed E-state index contributed by atoms with van der Waals surface area (Å²) < 4.78 is 14.6. The molecular formula is C36H44O2Se. The van der Waals surface area contributed by atoms with Crippen molar-refractivity contribution in [3.8, 4) is 0 Å². The van der Waals surface area contributed by atoms with Crippen LogP contribution in [0.4, 0.5) is 0 Å². The van der Waals surface area contributed by atoms with Crippen LogP contribution in [-0.4, -0.2) is 40.9 Å². The molecule has 39 heavy (non-hydrogen) atoms. The van der Waals surface area contributed by atoms with E-state index in [0.717, 1.165) is 52.1 Å². The Morgan fingerprint density at radius 3 is 1.38 bits per heavy atom. The molecule has 0 fully saturated rings. The van der Waals surface area contributed by atoms with Crippen LogP contribution in [0.25, 0.3) is 40.8 Å². The average Bonchev–Trinajstić information content (AvgIpc) is 3.35. The van der Waals surface area contributed by atoms with Gasteiger partial charge in [-0.25, -0.2) is 0 Å². The normalized spacial score (nSPS) is 11.9. The van der Waals surface area contributed by atoms with Crippen molar-refractivity contribution in [3.63, 3.8) is 0 Å². The van der Waals surface area contributed by atoms with E-state index in [4.69, 9.17) is 9.47 Å². The van der Waals surface area contributed by atoms with Crippen molar-refractivity contribution in [3.05, 3.63) is 71.8 Å². The molecule has 1 heterocycles. The molecule has 0 radical (unpaired) electrons. The zero-order valence-electron chi connectivity index (χ0n) is 23.9. The molecule has 0 aliphatic heterocycles. The second-order valence-corrected chi connectivity index (χ2v) is 13.1. The summed E-state index contributed by atoms with van der Waals surface area (Å²) in [5.41, 5.74) is 2.90. The van der Waals surface area contributed by atoms with Gasteiger partial charge in [0.1, 0.15) is 0 Å². The van der Waals surface area contributed by atoms with Gasteiger partial charge in [0.2, 0.25) is 0 Å². The van der Waals surface area contributed by atoms with Gasteiger partial charge in [-0.05, 0) is 0 Å². The molecular weight excluding hydrogens is 543 g/mol. The van der Waals surface area contributed by atoms with Gasteiger partial charge in [0.05, 0.1) is 0 Å². The number of benzene rings is 4. The molecule has 5 aromatic rings. The van der Waals surface area contributed by atoms with Crippen LogP contribution in [0.3, 0.4) is 0 Å². The number of unbranched alkanes of at least 4 members (excludes halogenated alkanes) is 4. The van der Waals surface area contributed by atoms with E-state index in [0.29, 0.717) is 14.5 Å². The van der Waals surface area contributed by atoms with Crippen LogP contribution in [-0.2, 0) is 22.3 Å². The van der Waals surface area contributed by atoms with Crippen molar-refractivity contribution < 1.29 is 9.47 Å². The first-order chi connectivity index (χ1) is 19.3. The van der Waals surface area contributed by atoms with Crippen LogP contribution in [0.1, 0.15) is 76.3 Å². The Morgan fingerprint density at radius 2 is 0.923 bits per heavy atom. The van der Waals surface area contributed by atoms with E-state index >= 15 is 0 Å². The molecule has 0 amide bonds. The standard InChI is InChI=1S/C36H44O2Se/c1-3-5-21-37-23-9-7-11-27-13-17-31-29(25-27)15-19-33-34-20-16-30-26-28(12-8-10-24-38-22-6-4-2)14-18-32(30)36(34)39-35(31)33/h13-20,25-26H,3-12,21-24H2,1-2H3. The fraction of sp³-hybridized carbons (Fsp3) is 0.444. The molecule has 0 aliphatic carbocycles. The van der Waals surface area contributed by atoms with E-state index < -0.39 is 0 Å². The molecule has 206 valence electrons. The molecule has 0 unspecified atom stereocenters. The summed E-state index contributed by atoms with van der Waals surface area (Å²) >= 11 is 0.332. The molecule has 0 aliphatic rings. The third kappa shape index (κ3) is 7.14. The molecule has 0 atom stereocenters. The van der Waals surface area contributed by atoms with Crippen LogP contribution >= 0.6 is 0 Å². The third-order valence-corrected chi connectivity index (χ3v) is 10.6. The van der Waals surface area contributed by atoms with E-state index in [1.165, 1.54) is 82.0 Å². The van der Waals surface area contributed by atoms with Gasteiger partial charge in [-0.2, -0.15) is 0 Å². The third-order valence-electron chi connectivity index (χ3n) is 7.86. The topological polar surface area (TPSA) is 18.5 Å². The van der Waals surface area contributed by atoms with Crippen molar-refractivity contribution in [2.45, 2.75) is 78.1 Å². The molecule has 0 bridgehead atoms. The van der Waals surface area contributed by atoms with Crippen molar-refractivity contribution in [2.24, 2.45) is 0 Å². The van der Waals surface area contributed by atoms with Crippen LogP contribution in [0.15, 0.2) is 60.7 Å². The van der Waals surface area contributed by atoms with Crippen LogP contribution in [0, 0.1) is 0 Å². The molecule has 3 heteroatoms. The van der Waals surface area contributed by atoms with Crippen molar-refractivity contribution in [2.75, 3.05) is 26.4 Å². The fourth-order valence-electron chi connectivity index (χ4n) is 5.52. The van der Waals surface area contributed by atoms with Gasteiger partial charge < -0.3 is 0 Å². The average molecular weight is 588 g/mol. The monoisotopic (exact) mass is 588 g/mol. The van der Waals surface area contributed by atoms with Crippen LogP contribution < -0.4 is 0 Å². The number of fused-ring (bicyclic) bond motifs is 7. The van der Waals surface area contributed by atoms with Crippen LogP contribution in [0.5, 0.6) is 0 Å². The van der Waals surface area contributed by atoms with E-state index in [2.05, 4.69) is 74.5 Å². The molecule has 0 spiro atoms. The number of aryl methyl sites for hydroxylation is 2. The number of rotatable bonds is 16. The molecule has 0 N–H and O–H groups in total. The summed E-state index contributed by atoms with van der Waals surface area (Å²) in [5, 5.41) is 8.57. The summed E-state index contributed by atoms with van der Waals surface area (Å²) in [6.45, 7) is 8.04. The van der Waals surface area contributed by atoms with Gasteiger partial charge in [0.15, 0.2) is 0 Å². The Kier molecular flexibility index (Phi) is 10.5. The first-order valence-corrected chi connectivity index (χ1v) is 16.9. The van der Waals surface area contributed by atoms with Gasteiger partial charge in [-0.15, -0.1) is 0 Å². The van der Waals surface area contributed by atoms with Gasteiger partial charge in [-0.1, -0.05) is 26.7 Å². The Hall–Kier alpha value is -2.16. The molecule has 5 rings (SSSR count). The van der Waals surface area contributed by atoms with Crippen LogP contribution in [0.2, 0.25) is 0 Å². The molecule has 1 aromatic heterocycles. The fourth-order valence-corrected chi connectivity index (χ4v) is 8.40. The number of hydrogen-bond donors (Lipinski definition) is 0. The zero-order chi connectivity index (χ0) is 26.9. The SMILES string of the molecule is CCCCOCCCCc1ccc2c(ccc3c4ccc5cc(CCCCOCCCC)ccc5c4[se]c23)c1. The minimum atomic E-state index is 0.332. The Labute approximate surface area is 240 Å². The quantitative estimate of drug-likeness (QED) is 0.0845. The summed E-state index contributed by atoms with van der Waals surface area (Å²) in [4.78, 5) is 0. The van der Waals surface area contributed by atoms with Gasteiger partial charge in [-0.3, -0.25) is 0 Å². The Balaban J connectivity index is 1.28. The first-order valence-electron chi connectivity index (χ1n) is 15.2. The van der Waals surface area contributed by atoms with Crippen molar-refractivity contribution in [1.29, 1.82) is 0 Å². The second kappa shape index (κ2) is 14.5. The second-order valence-electron chi connectivity index (χ2n) is 10.9. The van der Waals surface area contributed by atoms with E-state index in [-0.39, 0.29) is 0 Å². The Bertz CT molecular complexity index is 1390. The van der Waals surface area contributed by atoms with Gasteiger partial charge in [0.25, 0.3) is 0 Å². The predicted octanol–water partition coefficient (Wildman–Crippen LogP) is 9.64. The van der Waals surface area contributed by atoms with Crippen molar-refractivity contribution in [1.82, 2.24) is 0 Å². The molecule has 2 nitrogen and oxygen atoms in total. The first kappa shape index (κ1) is 28.4. The minimum absolute atomic E-state index is 0.332. The molecule has 4 aromatic carbocycles. The van der Waals surface area contributed by atoms with E-state index in [1.54, 1.807) is 8.52 Å². The summed E-state index contributed by atoms with van der Waals surface area (Å²) in [6, 6.07) is 23.8. The predicted molar refractivity (Wildman–Crippen MR) is 171 cm³/mol. The molecule has 0 saturated heterocycles. The molecule has 0 saturated carbocycles. The van der Waals surface area contributed by atoms with Gasteiger partial charge in [0, 0.05) is 0 Å². The number of ether oxygens (including phenoxy) is 2. The maximum atomic E-state index is 5.73.